The predicted octanol–water partition coefficient (Wildman–Crippen LogP) is 5.72. The fraction of sp³-hybridized carbons (Fsp3) is 0.125. The number of amidine groups is 1. The molecule has 26 heavy (non-hydrogen) atoms. The number of benzene rings is 2. The molecule has 0 fully saturated rings. The summed E-state index contributed by atoms with van der Waals surface area (Å²) in [5, 5.41) is 0. The molecule has 0 amide bonds. The van der Waals surface area contributed by atoms with Crippen molar-refractivity contribution in [2.75, 3.05) is 7.05 Å². The van der Waals surface area contributed by atoms with Crippen LogP contribution in [0, 0.1) is 0 Å². The highest BCUT2D eigenvalue weighted by molar-refractivity contribution is 5.82. The van der Waals surface area contributed by atoms with Gasteiger partial charge in [0.2, 0.25) is 0 Å². The first-order valence-corrected chi connectivity index (χ1v) is 8.58. The molecule has 0 aliphatic rings. The van der Waals surface area contributed by atoms with Gasteiger partial charge in [-0.15, -0.1) is 0 Å². The molecule has 0 N–H and O–H groups in total. The minimum atomic E-state index is -0.588. The van der Waals surface area contributed by atoms with Crippen LogP contribution in [0.3, 0.4) is 0 Å². The van der Waals surface area contributed by atoms with Crippen molar-refractivity contribution in [2.24, 2.45) is 4.99 Å². The highest BCUT2D eigenvalue weighted by atomic mass is 15.2. The summed E-state index contributed by atoms with van der Waals surface area (Å²) >= 11 is 0. The zero-order valence-electron chi connectivity index (χ0n) is 15.6. The summed E-state index contributed by atoms with van der Waals surface area (Å²) in [6.45, 7) is 13.7. The second-order valence-electron chi connectivity index (χ2n) is 5.92. The molecule has 0 spiro atoms. The normalized spacial score (nSPS) is 12.4. The lowest BCUT2D eigenvalue weighted by atomic mass is 9.75. The van der Waals surface area contributed by atoms with Gasteiger partial charge < -0.3 is 4.90 Å². The Morgan fingerprint density at radius 3 is 1.81 bits per heavy atom. The van der Waals surface area contributed by atoms with Crippen molar-refractivity contribution in [3.8, 4) is 0 Å². The molecule has 132 valence electrons. The lowest BCUT2D eigenvalue weighted by Crippen LogP contribution is -2.48. The largest absolute Gasteiger partial charge is 0.345 e. The van der Waals surface area contributed by atoms with Gasteiger partial charge in [0, 0.05) is 13.2 Å². The first kappa shape index (κ1) is 19.2. The zero-order chi connectivity index (χ0) is 19.0. The van der Waals surface area contributed by atoms with Crippen LogP contribution in [0.4, 0.5) is 0 Å². The summed E-state index contributed by atoms with van der Waals surface area (Å²) in [7, 11) is 2.04. The van der Waals surface area contributed by atoms with Crippen LogP contribution in [0.2, 0.25) is 0 Å². The van der Waals surface area contributed by atoms with Gasteiger partial charge in [-0.25, -0.2) is 4.99 Å². The number of nitrogens with zero attached hydrogens (tertiary/aromatic N) is 2. The van der Waals surface area contributed by atoms with Gasteiger partial charge in [-0.3, -0.25) is 0 Å². The molecule has 0 bridgehead atoms. The maximum absolute atomic E-state index is 4.44. The first-order chi connectivity index (χ1) is 12.6. The van der Waals surface area contributed by atoms with Gasteiger partial charge in [-0.2, -0.15) is 0 Å². The topological polar surface area (TPSA) is 15.6 Å². The maximum atomic E-state index is 4.44. The smallest absolute Gasteiger partial charge is 0.117 e. The minimum Gasteiger partial charge on any atom is -0.345 e. The molecule has 0 unspecified atom stereocenters. The molecule has 2 rings (SSSR count). The number of hydrogen-bond acceptors (Lipinski definition) is 1. The lowest BCUT2D eigenvalue weighted by molar-refractivity contribution is 0.314. The quantitative estimate of drug-likeness (QED) is 0.357. The fourth-order valence-corrected chi connectivity index (χ4v) is 3.36. The van der Waals surface area contributed by atoms with Crippen molar-refractivity contribution in [3.63, 3.8) is 0 Å². The van der Waals surface area contributed by atoms with Crippen molar-refractivity contribution in [1.29, 1.82) is 0 Å². The molecule has 0 atom stereocenters. The Kier molecular flexibility index (Phi) is 6.51. The predicted molar refractivity (Wildman–Crippen MR) is 113 cm³/mol. The number of hydrogen-bond donors (Lipinski definition) is 0. The highest BCUT2D eigenvalue weighted by Gasteiger charge is 2.41. The fourth-order valence-electron chi connectivity index (χ4n) is 3.36. The maximum Gasteiger partial charge on any atom is 0.117 e. The molecular formula is C24H26N2. The Labute approximate surface area is 157 Å². The van der Waals surface area contributed by atoms with E-state index < -0.39 is 5.54 Å². The molecule has 2 aromatic carbocycles. The van der Waals surface area contributed by atoms with Gasteiger partial charge in [0.05, 0.1) is 0 Å². The molecule has 2 heteroatoms. The van der Waals surface area contributed by atoms with Crippen molar-refractivity contribution < 1.29 is 0 Å². The van der Waals surface area contributed by atoms with E-state index >= 15 is 0 Å². The van der Waals surface area contributed by atoms with Crippen LogP contribution in [-0.2, 0) is 5.54 Å². The monoisotopic (exact) mass is 342 g/mol. The van der Waals surface area contributed by atoms with E-state index in [0.717, 1.165) is 22.5 Å². The van der Waals surface area contributed by atoms with Crippen LogP contribution in [0.15, 0.2) is 115 Å². The molecule has 0 radical (unpaired) electrons. The molecule has 2 nitrogen and oxygen atoms in total. The summed E-state index contributed by atoms with van der Waals surface area (Å²) in [5.74, 6) is 0.851. The minimum absolute atomic E-state index is 0.588. The third-order valence-electron chi connectivity index (χ3n) is 4.58. The van der Waals surface area contributed by atoms with Crippen LogP contribution in [0.25, 0.3) is 0 Å². The Morgan fingerprint density at radius 1 is 0.923 bits per heavy atom. The molecule has 0 aliphatic carbocycles. The van der Waals surface area contributed by atoms with E-state index in [-0.39, 0.29) is 0 Å². The number of likely N-dealkylation sites (N-methyl/N-ethyl adjacent to an activating group) is 1. The van der Waals surface area contributed by atoms with Gasteiger partial charge in [0.15, 0.2) is 0 Å². The summed E-state index contributed by atoms with van der Waals surface area (Å²) in [6, 6.07) is 20.8. The van der Waals surface area contributed by atoms with Crippen LogP contribution < -0.4 is 0 Å². The van der Waals surface area contributed by atoms with E-state index in [9.17, 15) is 0 Å². The molecule has 0 saturated heterocycles. The molecule has 0 heterocycles. The third kappa shape index (κ3) is 3.45. The van der Waals surface area contributed by atoms with Crippen LogP contribution in [0.5, 0.6) is 0 Å². The van der Waals surface area contributed by atoms with Crippen molar-refractivity contribution in [2.45, 2.75) is 12.5 Å². The summed E-state index contributed by atoms with van der Waals surface area (Å²) in [5.41, 5.74) is 2.68. The van der Waals surface area contributed by atoms with E-state index in [4.69, 9.17) is 0 Å². The molecule has 0 aliphatic heterocycles. The Morgan fingerprint density at radius 2 is 1.42 bits per heavy atom. The number of aliphatic imine (C=N–C) groups is 1. The van der Waals surface area contributed by atoms with Crippen LogP contribution >= 0.6 is 0 Å². The van der Waals surface area contributed by atoms with Crippen LogP contribution in [0.1, 0.15) is 18.1 Å². The average molecular weight is 342 g/mol. The lowest BCUT2D eigenvalue weighted by Gasteiger charge is -2.45. The van der Waals surface area contributed by atoms with Gasteiger partial charge in [0.25, 0.3) is 0 Å². The van der Waals surface area contributed by atoms with Crippen molar-refractivity contribution in [3.05, 3.63) is 122 Å². The Bertz CT molecular complexity index is 774. The third-order valence-corrected chi connectivity index (χ3v) is 4.58. The second kappa shape index (κ2) is 8.82. The first-order valence-electron chi connectivity index (χ1n) is 8.58. The molecular weight excluding hydrogens is 316 g/mol. The average Bonchev–Trinajstić information content (AvgIpc) is 2.69. The Balaban J connectivity index is 2.95. The molecule has 0 saturated carbocycles. The summed E-state index contributed by atoms with van der Waals surface area (Å²) in [6.07, 6.45) is 7.26. The van der Waals surface area contributed by atoms with Crippen molar-refractivity contribution >= 4 is 5.84 Å². The number of allylic oxidation sites excluding steroid dienone is 2. The van der Waals surface area contributed by atoms with Crippen molar-refractivity contribution in [1.82, 2.24) is 4.90 Å². The SMILES string of the molecule is C=C/C=C(\C=C)C(c1ccccc1)(c1ccccc1)N(C)C(C)=NC=C. The second-order valence-corrected chi connectivity index (χ2v) is 5.92. The highest BCUT2D eigenvalue weighted by Crippen LogP contribution is 2.42. The number of rotatable bonds is 7. The van der Waals surface area contributed by atoms with Crippen LogP contribution in [-0.4, -0.2) is 17.8 Å². The molecule has 2 aromatic rings. The van der Waals surface area contributed by atoms with E-state index in [1.165, 1.54) is 0 Å². The standard InChI is InChI=1S/C24H26N2/c1-6-15-21(7-2)24(22-16-11-9-12-17-22,23-18-13-10-14-19-23)26(5)20(4)25-8-3/h6-19H,1-3H2,4-5H3/b21-15+,25-20?. The van der Waals surface area contributed by atoms with E-state index in [0.29, 0.717) is 0 Å². The summed E-state index contributed by atoms with van der Waals surface area (Å²) in [4.78, 5) is 6.60. The van der Waals surface area contributed by atoms with E-state index in [1.807, 2.05) is 38.3 Å². The Hall–Kier alpha value is -3.13. The van der Waals surface area contributed by atoms with Gasteiger partial charge >= 0.3 is 0 Å². The van der Waals surface area contributed by atoms with Gasteiger partial charge in [-0.1, -0.05) is 98.6 Å². The van der Waals surface area contributed by atoms with Gasteiger partial charge in [-0.05, 0) is 23.6 Å². The zero-order valence-corrected chi connectivity index (χ0v) is 15.6. The van der Waals surface area contributed by atoms with E-state index in [1.54, 1.807) is 12.3 Å². The van der Waals surface area contributed by atoms with Gasteiger partial charge in [0.1, 0.15) is 11.4 Å². The molecule has 0 aromatic heterocycles. The van der Waals surface area contributed by atoms with E-state index in [2.05, 4.69) is 78.2 Å². The summed E-state index contributed by atoms with van der Waals surface area (Å²) < 4.78 is 0.